The molecule has 1 saturated carbocycles. The van der Waals surface area contributed by atoms with Crippen LogP contribution in [0.15, 0.2) is 0 Å². The summed E-state index contributed by atoms with van der Waals surface area (Å²) in [4.78, 5) is 0. The smallest absolute Gasteiger partial charge is 0.386 e. The molecule has 0 aromatic rings. The molecule has 0 unspecified atom stereocenters. The molecule has 2 N–H and O–H groups in total. The average molecular weight is 175 g/mol. The minimum atomic E-state index is -2.26. The van der Waals surface area contributed by atoms with E-state index in [4.69, 9.17) is 14.3 Å². The van der Waals surface area contributed by atoms with Crippen molar-refractivity contribution >= 4 is 8.72 Å². The molecule has 0 heterocycles. The molecule has 0 amide bonds. The molecular formula is C7H17NO2Si. The Hall–Kier alpha value is 0.0969. The summed E-state index contributed by atoms with van der Waals surface area (Å²) in [6.45, 7) is 0. The van der Waals surface area contributed by atoms with Crippen LogP contribution in [0.5, 0.6) is 0 Å². The molecule has 3 nitrogen and oxygen atoms in total. The number of hydrogen-bond acceptors (Lipinski definition) is 3. The normalized spacial score (nSPS) is 21.0. The van der Waals surface area contributed by atoms with Crippen molar-refractivity contribution in [2.24, 2.45) is 5.40 Å². The van der Waals surface area contributed by atoms with Crippen LogP contribution in [0.2, 0.25) is 5.54 Å². The number of nitrogens with two attached hydrogens (primary N) is 1. The van der Waals surface area contributed by atoms with Crippen LogP contribution in [0.1, 0.15) is 25.7 Å². The van der Waals surface area contributed by atoms with Gasteiger partial charge in [0.2, 0.25) is 0 Å². The summed E-state index contributed by atoms with van der Waals surface area (Å²) in [5.41, 5.74) is 0.512. The minimum absolute atomic E-state index is 0.512. The van der Waals surface area contributed by atoms with Crippen LogP contribution < -0.4 is 5.40 Å². The van der Waals surface area contributed by atoms with Gasteiger partial charge >= 0.3 is 8.72 Å². The zero-order chi connectivity index (χ0) is 8.32. The molecule has 0 aliphatic heterocycles. The topological polar surface area (TPSA) is 44.5 Å². The Morgan fingerprint density at radius 2 is 1.64 bits per heavy atom. The van der Waals surface area contributed by atoms with Crippen LogP contribution in [0.4, 0.5) is 0 Å². The molecule has 0 spiro atoms. The minimum Gasteiger partial charge on any atom is -0.386 e. The molecule has 1 fully saturated rings. The molecule has 1 rings (SSSR count). The van der Waals surface area contributed by atoms with Gasteiger partial charge in [-0.05, 0) is 12.8 Å². The third-order valence-electron chi connectivity index (χ3n) is 2.56. The van der Waals surface area contributed by atoms with E-state index in [0.717, 1.165) is 0 Å². The predicted molar refractivity (Wildman–Crippen MR) is 46.2 cm³/mol. The van der Waals surface area contributed by atoms with Crippen molar-refractivity contribution < 1.29 is 8.85 Å². The highest BCUT2D eigenvalue weighted by Crippen LogP contribution is 2.36. The van der Waals surface area contributed by atoms with Crippen molar-refractivity contribution in [2.75, 3.05) is 14.2 Å². The largest absolute Gasteiger partial charge is 0.425 e. The van der Waals surface area contributed by atoms with E-state index in [1.54, 1.807) is 14.2 Å². The van der Waals surface area contributed by atoms with Gasteiger partial charge in [0.1, 0.15) is 0 Å². The van der Waals surface area contributed by atoms with Crippen LogP contribution >= 0.6 is 0 Å². The van der Waals surface area contributed by atoms with E-state index in [-0.39, 0.29) is 0 Å². The van der Waals surface area contributed by atoms with E-state index in [1.807, 2.05) is 0 Å². The first-order chi connectivity index (χ1) is 5.23. The maximum atomic E-state index is 6.00. The highest BCUT2D eigenvalue weighted by Gasteiger charge is 2.42. The van der Waals surface area contributed by atoms with Crippen molar-refractivity contribution in [1.82, 2.24) is 0 Å². The first kappa shape index (κ1) is 9.19. The molecule has 0 atom stereocenters. The van der Waals surface area contributed by atoms with Gasteiger partial charge in [0.05, 0.1) is 0 Å². The summed E-state index contributed by atoms with van der Waals surface area (Å²) in [6.07, 6.45) is 4.93. The van der Waals surface area contributed by atoms with Gasteiger partial charge in [0, 0.05) is 19.8 Å². The summed E-state index contributed by atoms with van der Waals surface area (Å²) in [6, 6.07) is 0. The molecule has 0 saturated heterocycles. The van der Waals surface area contributed by atoms with E-state index in [9.17, 15) is 0 Å². The Bertz CT molecular complexity index is 122. The molecule has 0 bridgehead atoms. The van der Waals surface area contributed by atoms with Gasteiger partial charge in [0.25, 0.3) is 0 Å². The molecular weight excluding hydrogens is 158 g/mol. The number of rotatable bonds is 3. The fraction of sp³-hybridized carbons (Fsp3) is 1.00. The van der Waals surface area contributed by atoms with Crippen LogP contribution in [0.3, 0.4) is 0 Å². The average Bonchev–Trinajstić information content (AvgIpc) is 2.55. The Balaban J connectivity index is 2.52. The van der Waals surface area contributed by atoms with Crippen molar-refractivity contribution in [3.8, 4) is 0 Å². The Morgan fingerprint density at radius 1 is 1.18 bits per heavy atom. The van der Waals surface area contributed by atoms with Gasteiger partial charge in [0.15, 0.2) is 0 Å². The Morgan fingerprint density at radius 3 is 2.00 bits per heavy atom. The molecule has 0 radical (unpaired) electrons. The van der Waals surface area contributed by atoms with Crippen LogP contribution in [0, 0.1) is 0 Å². The van der Waals surface area contributed by atoms with E-state index < -0.39 is 8.72 Å². The predicted octanol–water partition coefficient (Wildman–Crippen LogP) is 1.12. The quantitative estimate of drug-likeness (QED) is 0.654. The third kappa shape index (κ3) is 1.82. The second kappa shape index (κ2) is 3.67. The first-order valence-corrected chi connectivity index (χ1v) is 6.09. The maximum Gasteiger partial charge on any atom is 0.425 e. The lowest BCUT2D eigenvalue weighted by atomic mass is 10.4. The monoisotopic (exact) mass is 175 g/mol. The number of hydrogen-bond donors (Lipinski definition) is 1. The molecule has 1 aliphatic rings. The van der Waals surface area contributed by atoms with Crippen molar-refractivity contribution in [3.05, 3.63) is 0 Å². The van der Waals surface area contributed by atoms with Gasteiger partial charge in [-0.25, -0.2) is 0 Å². The lowest BCUT2D eigenvalue weighted by Gasteiger charge is -2.27. The van der Waals surface area contributed by atoms with E-state index in [1.165, 1.54) is 25.7 Å². The zero-order valence-corrected chi connectivity index (χ0v) is 8.30. The molecule has 11 heavy (non-hydrogen) atoms. The Labute approximate surface area is 69.2 Å². The van der Waals surface area contributed by atoms with E-state index >= 15 is 0 Å². The molecule has 4 heteroatoms. The van der Waals surface area contributed by atoms with Crippen LogP contribution in [-0.2, 0) is 8.85 Å². The summed E-state index contributed by atoms with van der Waals surface area (Å²) >= 11 is 0. The zero-order valence-electron chi connectivity index (χ0n) is 7.30. The molecule has 0 aromatic heterocycles. The van der Waals surface area contributed by atoms with Crippen LogP contribution in [-0.4, -0.2) is 22.9 Å². The lowest BCUT2D eigenvalue weighted by Crippen LogP contribution is -2.54. The maximum absolute atomic E-state index is 6.00. The highest BCUT2D eigenvalue weighted by molar-refractivity contribution is 6.65. The van der Waals surface area contributed by atoms with Gasteiger partial charge in [-0.15, -0.1) is 0 Å². The summed E-state index contributed by atoms with van der Waals surface area (Å²) in [5, 5.41) is 6.00. The second-order valence-corrected chi connectivity index (χ2v) is 6.19. The summed E-state index contributed by atoms with van der Waals surface area (Å²) in [7, 11) is 1.06. The van der Waals surface area contributed by atoms with Crippen molar-refractivity contribution in [2.45, 2.75) is 31.2 Å². The van der Waals surface area contributed by atoms with Crippen LogP contribution in [0.25, 0.3) is 0 Å². The second-order valence-electron chi connectivity index (χ2n) is 3.11. The standard InChI is InChI=1S/C7H17NO2Si/c1-9-11(8,10-2)7-5-3-4-6-7/h7H,3-6,8H2,1-2H3. The van der Waals surface area contributed by atoms with Crippen molar-refractivity contribution in [1.29, 1.82) is 0 Å². The fourth-order valence-corrected chi connectivity index (χ4v) is 3.79. The third-order valence-corrected chi connectivity index (χ3v) is 5.55. The van der Waals surface area contributed by atoms with E-state index in [2.05, 4.69) is 0 Å². The SMILES string of the molecule is CO[Si](N)(OC)C1CCCC1. The molecule has 66 valence electrons. The van der Waals surface area contributed by atoms with Gasteiger partial charge in [-0.1, -0.05) is 12.8 Å². The molecule has 0 aromatic carbocycles. The van der Waals surface area contributed by atoms with Crippen molar-refractivity contribution in [3.63, 3.8) is 0 Å². The lowest BCUT2D eigenvalue weighted by molar-refractivity contribution is 0.229. The first-order valence-electron chi connectivity index (χ1n) is 4.12. The molecule has 1 aliphatic carbocycles. The van der Waals surface area contributed by atoms with Gasteiger partial charge in [-0.3, -0.25) is 0 Å². The highest BCUT2D eigenvalue weighted by atomic mass is 28.4. The van der Waals surface area contributed by atoms with E-state index in [0.29, 0.717) is 5.54 Å². The van der Waals surface area contributed by atoms with Gasteiger partial charge < -0.3 is 14.3 Å². The fourth-order valence-electron chi connectivity index (χ4n) is 1.74. The Kier molecular flexibility index (Phi) is 3.06. The summed E-state index contributed by atoms with van der Waals surface area (Å²) in [5.74, 6) is 0. The van der Waals surface area contributed by atoms with Gasteiger partial charge in [-0.2, -0.15) is 0 Å². The summed E-state index contributed by atoms with van der Waals surface area (Å²) < 4.78 is 10.5.